The van der Waals surface area contributed by atoms with Crippen LogP contribution >= 0.6 is 0 Å². The van der Waals surface area contributed by atoms with Crippen LogP contribution in [0.3, 0.4) is 0 Å². The molecule has 1 heterocycles. The van der Waals surface area contributed by atoms with E-state index in [9.17, 15) is 14.4 Å². The summed E-state index contributed by atoms with van der Waals surface area (Å²) >= 11 is 0. The van der Waals surface area contributed by atoms with Crippen LogP contribution in [0.1, 0.15) is 28.1 Å². The number of halogens is 1. The van der Waals surface area contributed by atoms with E-state index in [4.69, 9.17) is 4.74 Å². The van der Waals surface area contributed by atoms with Crippen molar-refractivity contribution in [3.63, 3.8) is 0 Å². The van der Waals surface area contributed by atoms with Gasteiger partial charge < -0.3 is 14.6 Å². The second-order valence-electron chi connectivity index (χ2n) is 8.56. The van der Waals surface area contributed by atoms with E-state index in [1.165, 1.54) is 12.1 Å². The van der Waals surface area contributed by atoms with Gasteiger partial charge in [0.2, 0.25) is 0 Å². The second-order valence-corrected chi connectivity index (χ2v) is 8.56. The molecule has 180 valence electrons. The maximum Gasteiger partial charge on any atom is 0.266 e. The van der Waals surface area contributed by atoms with Crippen molar-refractivity contribution in [2.45, 2.75) is 27.4 Å². The summed E-state index contributed by atoms with van der Waals surface area (Å²) in [6.45, 7) is 6.21. The molecule has 0 radical (unpaired) electrons. The predicted octanol–water partition coefficient (Wildman–Crippen LogP) is 6.67. The molecule has 1 amide bonds. The first-order valence-corrected chi connectivity index (χ1v) is 11.5. The summed E-state index contributed by atoms with van der Waals surface area (Å²) in [6, 6.07) is 25.3. The van der Waals surface area contributed by atoms with Crippen LogP contribution in [0.15, 0.2) is 84.4 Å². The van der Waals surface area contributed by atoms with E-state index in [0.29, 0.717) is 18.0 Å². The van der Waals surface area contributed by atoms with Crippen LogP contribution in [-0.4, -0.2) is 10.5 Å². The first kappa shape index (κ1) is 24.5. The fraction of sp³-hybridized carbons (Fsp3) is 0.133. The van der Waals surface area contributed by atoms with Gasteiger partial charge in [-0.3, -0.25) is 4.79 Å². The van der Waals surface area contributed by atoms with Crippen LogP contribution in [0.25, 0.3) is 11.8 Å². The summed E-state index contributed by atoms with van der Waals surface area (Å²) in [5, 5.41) is 12.4. The van der Waals surface area contributed by atoms with Crippen LogP contribution in [0.2, 0.25) is 0 Å². The monoisotopic (exact) mass is 479 g/mol. The van der Waals surface area contributed by atoms with Gasteiger partial charge in [0.25, 0.3) is 5.91 Å². The minimum absolute atomic E-state index is 0.0290. The second kappa shape index (κ2) is 10.7. The van der Waals surface area contributed by atoms with Crippen molar-refractivity contribution in [1.29, 1.82) is 5.26 Å². The zero-order valence-electron chi connectivity index (χ0n) is 20.4. The zero-order valence-corrected chi connectivity index (χ0v) is 20.4. The van der Waals surface area contributed by atoms with Crippen molar-refractivity contribution in [3.05, 3.63) is 118 Å². The Morgan fingerprint density at radius 1 is 1.03 bits per heavy atom. The number of nitriles is 1. The SMILES string of the molecule is Cc1cccc(NC(=O)/C(C#N)=C\c2cc(C)n(-c3ccc(OCc4ccc(F)cc4)cc3)c2C)c1. The van der Waals surface area contributed by atoms with Gasteiger partial charge in [-0.05, 0) is 98.1 Å². The molecule has 4 rings (SSSR count). The summed E-state index contributed by atoms with van der Waals surface area (Å²) in [5.74, 6) is -0.0237. The quantitative estimate of drug-likeness (QED) is 0.238. The molecule has 36 heavy (non-hydrogen) atoms. The van der Waals surface area contributed by atoms with E-state index < -0.39 is 5.91 Å². The first-order valence-electron chi connectivity index (χ1n) is 11.5. The Hall–Kier alpha value is -4.63. The van der Waals surface area contributed by atoms with Crippen molar-refractivity contribution in [3.8, 4) is 17.5 Å². The molecule has 0 aliphatic rings. The number of carbonyl (C=O) groups excluding carboxylic acids is 1. The number of hydrogen-bond donors (Lipinski definition) is 1. The van der Waals surface area contributed by atoms with Gasteiger partial charge >= 0.3 is 0 Å². The van der Waals surface area contributed by atoms with E-state index in [-0.39, 0.29) is 11.4 Å². The maximum absolute atomic E-state index is 13.1. The molecule has 0 atom stereocenters. The predicted molar refractivity (Wildman–Crippen MR) is 139 cm³/mol. The summed E-state index contributed by atoms with van der Waals surface area (Å²) in [4.78, 5) is 12.7. The molecule has 1 aromatic heterocycles. The summed E-state index contributed by atoms with van der Waals surface area (Å²) < 4.78 is 20.9. The highest BCUT2D eigenvalue weighted by Gasteiger charge is 2.14. The highest BCUT2D eigenvalue weighted by molar-refractivity contribution is 6.09. The highest BCUT2D eigenvalue weighted by Crippen LogP contribution is 2.25. The van der Waals surface area contributed by atoms with E-state index in [1.807, 2.05) is 75.4 Å². The number of rotatable bonds is 7. The number of aromatic nitrogens is 1. The molecular weight excluding hydrogens is 453 g/mol. The first-order chi connectivity index (χ1) is 17.3. The molecular formula is C30H26FN3O2. The Morgan fingerprint density at radius 3 is 2.42 bits per heavy atom. The molecule has 0 unspecified atom stereocenters. The zero-order chi connectivity index (χ0) is 25.7. The maximum atomic E-state index is 13.1. The Bertz CT molecular complexity index is 1460. The van der Waals surface area contributed by atoms with Crippen molar-refractivity contribution < 1.29 is 13.9 Å². The van der Waals surface area contributed by atoms with Gasteiger partial charge in [-0.25, -0.2) is 4.39 Å². The minimum Gasteiger partial charge on any atom is -0.489 e. The molecule has 3 aromatic carbocycles. The summed E-state index contributed by atoms with van der Waals surface area (Å²) in [6.07, 6.45) is 1.62. The number of benzene rings is 3. The van der Waals surface area contributed by atoms with Crippen LogP contribution in [0.5, 0.6) is 5.75 Å². The molecule has 0 spiro atoms. The van der Waals surface area contributed by atoms with E-state index in [1.54, 1.807) is 24.3 Å². The molecule has 0 aliphatic carbocycles. The minimum atomic E-state index is -0.449. The van der Waals surface area contributed by atoms with Gasteiger partial charge in [-0.15, -0.1) is 0 Å². The fourth-order valence-corrected chi connectivity index (χ4v) is 4.00. The van der Waals surface area contributed by atoms with Gasteiger partial charge in [0.15, 0.2) is 0 Å². The van der Waals surface area contributed by atoms with E-state index in [0.717, 1.165) is 33.8 Å². The molecule has 6 heteroatoms. The van der Waals surface area contributed by atoms with Crippen LogP contribution in [-0.2, 0) is 11.4 Å². The molecule has 1 N–H and O–H groups in total. The third kappa shape index (κ3) is 5.70. The number of anilines is 1. The molecule has 0 fully saturated rings. The standard InChI is InChI=1S/C30H26FN3O2/c1-20-5-4-6-27(15-20)33-30(35)25(18-32)17-24-16-21(2)34(22(24)3)28-11-13-29(14-12-28)36-19-23-7-9-26(31)10-8-23/h4-17H,19H2,1-3H3,(H,33,35)/b25-17-. The normalized spacial score (nSPS) is 11.1. The van der Waals surface area contributed by atoms with Gasteiger partial charge in [-0.1, -0.05) is 24.3 Å². The van der Waals surface area contributed by atoms with Crippen LogP contribution in [0.4, 0.5) is 10.1 Å². The average Bonchev–Trinajstić information content (AvgIpc) is 3.15. The summed E-state index contributed by atoms with van der Waals surface area (Å²) in [7, 11) is 0. The number of carbonyl (C=O) groups is 1. The van der Waals surface area contributed by atoms with E-state index >= 15 is 0 Å². The van der Waals surface area contributed by atoms with Crippen molar-refractivity contribution in [1.82, 2.24) is 4.57 Å². The van der Waals surface area contributed by atoms with Gasteiger partial charge in [0, 0.05) is 22.8 Å². The molecule has 0 bridgehead atoms. The molecule has 4 aromatic rings. The smallest absolute Gasteiger partial charge is 0.266 e. The van der Waals surface area contributed by atoms with Crippen LogP contribution < -0.4 is 10.1 Å². The number of nitrogens with one attached hydrogen (secondary N) is 1. The lowest BCUT2D eigenvalue weighted by Gasteiger charge is -2.12. The van der Waals surface area contributed by atoms with Gasteiger partial charge in [0.05, 0.1) is 0 Å². The van der Waals surface area contributed by atoms with Crippen molar-refractivity contribution in [2.75, 3.05) is 5.32 Å². The van der Waals surface area contributed by atoms with Crippen LogP contribution in [0, 0.1) is 37.9 Å². The number of ether oxygens (including phenoxy) is 1. The number of amides is 1. The third-order valence-electron chi connectivity index (χ3n) is 5.82. The Morgan fingerprint density at radius 2 is 1.75 bits per heavy atom. The van der Waals surface area contributed by atoms with Crippen molar-refractivity contribution >= 4 is 17.7 Å². The Labute approximate surface area is 210 Å². The molecule has 0 saturated carbocycles. The summed E-state index contributed by atoms with van der Waals surface area (Å²) in [5.41, 5.74) is 6.18. The van der Waals surface area contributed by atoms with E-state index in [2.05, 4.69) is 9.88 Å². The number of nitrogens with zero attached hydrogens (tertiary/aromatic N) is 2. The molecule has 0 saturated heterocycles. The number of hydrogen-bond acceptors (Lipinski definition) is 3. The fourth-order valence-electron chi connectivity index (χ4n) is 4.00. The number of aryl methyl sites for hydroxylation is 2. The van der Waals surface area contributed by atoms with Gasteiger partial charge in [-0.2, -0.15) is 5.26 Å². The lowest BCUT2D eigenvalue weighted by molar-refractivity contribution is -0.112. The topological polar surface area (TPSA) is 67.0 Å². The molecule has 5 nitrogen and oxygen atoms in total. The third-order valence-corrected chi connectivity index (χ3v) is 5.82. The lowest BCUT2D eigenvalue weighted by atomic mass is 10.1. The van der Waals surface area contributed by atoms with Gasteiger partial charge in [0.1, 0.15) is 29.8 Å². The highest BCUT2D eigenvalue weighted by atomic mass is 19.1. The lowest BCUT2D eigenvalue weighted by Crippen LogP contribution is -2.13. The van der Waals surface area contributed by atoms with Crippen molar-refractivity contribution in [2.24, 2.45) is 0 Å². The Balaban J connectivity index is 1.51. The largest absolute Gasteiger partial charge is 0.489 e. The average molecular weight is 480 g/mol. The Kier molecular flexibility index (Phi) is 7.31. The molecule has 0 aliphatic heterocycles.